The molecule has 2 N–H and O–H groups in total. The van der Waals surface area contributed by atoms with Crippen LogP contribution in [0.4, 0.5) is 4.79 Å². The second-order valence-electron chi connectivity index (χ2n) is 6.66. The number of hydrogen-bond acceptors (Lipinski definition) is 2. The number of aliphatic carboxylic acids is 1. The lowest BCUT2D eigenvalue weighted by atomic mass is 9.87. The van der Waals surface area contributed by atoms with Crippen LogP contribution in [-0.4, -0.2) is 40.6 Å². The van der Waals surface area contributed by atoms with E-state index in [1.807, 2.05) is 19.9 Å². The highest BCUT2D eigenvalue weighted by Gasteiger charge is 2.34. The van der Waals surface area contributed by atoms with Gasteiger partial charge in [-0.15, -0.1) is 6.58 Å². The molecule has 0 rings (SSSR count). The Bertz CT molecular complexity index is 359. The van der Waals surface area contributed by atoms with Crippen molar-refractivity contribution in [1.82, 2.24) is 10.2 Å². The monoisotopic (exact) mass is 298 g/mol. The van der Waals surface area contributed by atoms with Gasteiger partial charge in [0, 0.05) is 12.6 Å². The molecule has 0 aromatic carbocycles. The minimum absolute atomic E-state index is 0.0307. The third-order valence-corrected chi connectivity index (χ3v) is 3.32. The first kappa shape index (κ1) is 19.5. The van der Waals surface area contributed by atoms with E-state index in [0.29, 0.717) is 6.54 Å². The molecule has 0 aliphatic heterocycles. The van der Waals surface area contributed by atoms with Gasteiger partial charge in [0.1, 0.15) is 6.04 Å². The van der Waals surface area contributed by atoms with E-state index in [9.17, 15) is 14.7 Å². The van der Waals surface area contributed by atoms with Crippen molar-refractivity contribution in [3.8, 4) is 0 Å². The van der Waals surface area contributed by atoms with E-state index in [-0.39, 0.29) is 12.1 Å². The summed E-state index contributed by atoms with van der Waals surface area (Å²) >= 11 is 0. The summed E-state index contributed by atoms with van der Waals surface area (Å²) in [4.78, 5) is 25.4. The van der Waals surface area contributed by atoms with Crippen LogP contribution >= 0.6 is 0 Å². The SMILES string of the molecule is C=CCCCCN(C(=O)N[C@H](C(=O)O)C(C)(C)C)C(C)C. The van der Waals surface area contributed by atoms with Gasteiger partial charge in [-0.3, -0.25) is 0 Å². The molecule has 2 amide bonds. The summed E-state index contributed by atoms with van der Waals surface area (Å²) in [7, 11) is 0. The highest BCUT2D eigenvalue weighted by molar-refractivity contribution is 5.83. The smallest absolute Gasteiger partial charge is 0.326 e. The minimum atomic E-state index is -1.01. The first-order chi connectivity index (χ1) is 9.61. The van der Waals surface area contributed by atoms with Crippen LogP contribution < -0.4 is 5.32 Å². The molecule has 0 unspecified atom stereocenters. The molecular formula is C16H30N2O3. The average molecular weight is 298 g/mol. The fraction of sp³-hybridized carbons (Fsp3) is 0.750. The molecule has 0 saturated heterocycles. The Balaban J connectivity index is 4.73. The van der Waals surface area contributed by atoms with Gasteiger partial charge in [0.05, 0.1) is 0 Å². The fourth-order valence-electron chi connectivity index (χ4n) is 2.02. The van der Waals surface area contributed by atoms with Gasteiger partial charge >= 0.3 is 12.0 Å². The van der Waals surface area contributed by atoms with Crippen LogP contribution in [0.5, 0.6) is 0 Å². The predicted molar refractivity (Wildman–Crippen MR) is 85.3 cm³/mol. The van der Waals surface area contributed by atoms with E-state index < -0.39 is 17.4 Å². The van der Waals surface area contributed by atoms with E-state index in [1.165, 1.54) is 0 Å². The molecule has 0 aromatic heterocycles. The van der Waals surface area contributed by atoms with E-state index in [0.717, 1.165) is 19.3 Å². The highest BCUT2D eigenvalue weighted by atomic mass is 16.4. The van der Waals surface area contributed by atoms with Crippen molar-refractivity contribution < 1.29 is 14.7 Å². The molecule has 0 heterocycles. The van der Waals surface area contributed by atoms with Gasteiger partial charge < -0.3 is 15.3 Å². The van der Waals surface area contributed by atoms with E-state index in [4.69, 9.17) is 0 Å². The summed E-state index contributed by atoms with van der Waals surface area (Å²) in [5.74, 6) is -1.01. The number of hydrogen-bond donors (Lipinski definition) is 2. The van der Waals surface area contributed by atoms with Crippen molar-refractivity contribution in [1.29, 1.82) is 0 Å². The zero-order valence-electron chi connectivity index (χ0n) is 14.0. The number of allylic oxidation sites excluding steroid dienone is 1. The summed E-state index contributed by atoms with van der Waals surface area (Å²) in [6.45, 7) is 13.6. The van der Waals surface area contributed by atoms with Gasteiger partial charge in [0.15, 0.2) is 0 Å². The maximum atomic E-state index is 12.3. The molecule has 5 heteroatoms. The number of carboxylic acids is 1. The first-order valence-corrected chi connectivity index (χ1v) is 7.52. The topological polar surface area (TPSA) is 69.6 Å². The maximum absolute atomic E-state index is 12.3. The third kappa shape index (κ3) is 7.16. The van der Waals surface area contributed by atoms with E-state index in [1.54, 1.807) is 25.7 Å². The summed E-state index contributed by atoms with van der Waals surface area (Å²) in [6, 6.07) is -1.19. The van der Waals surface area contributed by atoms with Crippen LogP contribution in [0.3, 0.4) is 0 Å². The highest BCUT2D eigenvalue weighted by Crippen LogP contribution is 2.20. The van der Waals surface area contributed by atoms with Gasteiger partial charge in [-0.05, 0) is 38.5 Å². The third-order valence-electron chi connectivity index (χ3n) is 3.32. The molecule has 0 fully saturated rings. The number of unbranched alkanes of at least 4 members (excludes halogenated alkanes) is 2. The fourth-order valence-corrected chi connectivity index (χ4v) is 2.02. The van der Waals surface area contributed by atoms with Gasteiger partial charge in [-0.1, -0.05) is 26.8 Å². The standard InChI is InChI=1S/C16H30N2O3/c1-7-8-9-10-11-18(12(2)3)15(21)17-13(14(19)20)16(4,5)6/h7,12-13H,1,8-11H2,2-6H3,(H,17,21)(H,19,20)/t13-/m1/s1. The second kappa shape index (κ2) is 8.70. The van der Waals surface area contributed by atoms with Crippen LogP contribution in [0.15, 0.2) is 12.7 Å². The lowest BCUT2D eigenvalue weighted by Gasteiger charge is -2.33. The summed E-state index contributed by atoms with van der Waals surface area (Å²) in [6.07, 6.45) is 4.64. The molecular weight excluding hydrogens is 268 g/mol. The molecule has 0 spiro atoms. The minimum Gasteiger partial charge on any atom is -0.480 e. The van der Waals surface area contributed by atoms with Crippen molar-refractivity contribution in [2.24, 2.45) is 5.41 Å². The lowest BCUT2D eigenvalue weighted by Crippen LogP contribution is -2.54. The molecule has 21 heavy (non-hydrogen) atoms. The Morgan fingerprint density at radius 1 is 1.29 bits per heavy atom. The van der Waals surface area contributed by atoms with Gasteiger partial charge in [-0.2, -0.15) is 0 Å². The van der Waals surface area contributed by atoms with E-state index >= 15 is 0 Å². The molecule has 0 aromatic rings. The Kier molecular flexibility index (Phi) is 8.07. The van der Waals surface area contributed by atoms with Crippen molar-refractivity contribution in [3.63, 3.8) is 0 Å². The van der Waals surface area contributed by atoms with Crippen molar-refractivity contribution >= 4 is 12.0 Å². The Labute approximate surface area is 128 Å². The van der Waals surface area contributed by atoms with Crippen molar-refractivity contribution in [3.05, 3.63) is 12.7 Å². The summed E-state index contributed by atoms with van der Waals surface area (Å²) in [5, 5.41) is 11.9. The molecule has 1 atom stereocenters. The van der Waals surface area contributed by atoms with Crippen molar-refractivity contribution in [2.45, 2.75) is 66.0 Å². The van der Waals surface area contributed by atoms with Gasteiger partial charge in [-0.25, -0.2) is 9.59 Å². The molecule has 0 saturated carbocycles. The Morgan fingerprint density at radius 3 is 2.24 bits per heavy atom. The summed E-state index contributed by atoms with van der Waals surface area (Å²) < 4.78 is 0. The number of carbonyl (C=O) groups excluding carboxylic acids is 1. The predicted octanol–water partition coefficient (Wildman–Crippen LogP) is 3.26. The molecule has 0 radical (unpaired) electrons. The maximum Gasteiger partial charge on any atom is 0.326 e. The molecule has 5 nitrogen and oxygen atoms in total. The zero-order valence-corrected chi connectivity index (χ0v) is 14.0. The number of amides is 2. The molecule has 0 bridgehead atoms. The zero-order chi connectivity index (χ0) is 16.6. The van der Waals surface area contributed by atoms with Gasteiger partial charge in [0.2, 0.25) is 0 Å². The number of nitrogens with zero attached hydrogens (tertiary/aromatic N) is 1. The first-order valence-electron chi connectivity index (χ1n) is 7.52. The van der Waals surface area contributed by atoms with Crippen LogP contribution in [0.2, 0.25) is 0 Å². The number of carboxylic acid groups (broad SMARTS) is 1. The number of carbonyl (C=O) groups is 2. The van der Waals surface area contributed by atoms with Gasteiger partial charge in [0.25, 0.3) is 0 Å². The number of nitrogens with one attached hydrogen (secondary N) is 1. The largest absolute Gasteiger partial charge is 0.480 e. The van der Waals surface area contributed by atoms with Crippen LogP contribution in [0.25, 0.3) is 0 Å². The average Bonchev–Trinajstić information content (AvgIpc) is 2.33. The molecule has 0 aliphatic carbocycles. The van der Waals surface area contributed by atoms with E-state index in [2.05, 4.69) is 11.9 Å². The Morgan fingerprint density at radius 2 is 1.86 bits per heavy atom. The van der Waals surface area contributed by atoms with Crippen molar-refractivity contribution in [2.75, 3.05) is 6.54 Å². The normalized spacial score (nSPS) is 12.9. The molecule has 122 valence electrons. The lowest BCUT2D eigenvalue weighted by molar-refractivity contribution is -0.142. The van der Waals surface area contributed by atoms with Crippen LogP contribution in [0, 0.1) is 5.41 Å². The second-order valence-corrected chi connectivity index (χ2v) is 6.66. The number of urea groups is 1. The summed E-state index contributed by atoms with van der Waals surface area (Å²) in [5.41, 5.74) is -0.535. The quantitative estimate of drug-likeness (QED) is 0.534. The molecule has 0 aliphatic rings. The van der Waals surface area contributed by atoms with Crippen LogP contribution in [-0.2, 0) is 4.79 Å². The van der Waals surface area contributed by atoms with Crippen LogP contribution in [0.1, 0.15) is 53.9 Å². The Hall–Kier alpha value is -1.52. The number of rotatable bonds is 8.